The van der Waals surface area contributed by atoms with E-state index in [1.807, 2.05) is 32.0 Å². The van der Waals surface area contributed by atoms with Crippen LogP contribution in [0.3, 0.4) is 0 Å². The minimum atomic E-state index is -0.556. The van der Waals surface area contributed by atoms with Crippen molar-refractivity contribution in [2.75, 3.05) is 0 Å². The molecule has 1 N–H and O–H groups in total. The Labute approximate surface area is 162 Å². The molecule has 1 nitrogen and oxygen atoms in total. The predicted molar refractivity (Wildman–Crippen MR) is 102 cm³/mol. The first-order chi connectivity index (χ1) is 11.1. The van der Waals surface area contributed by atoms with Gasteiger partial charge in [-0.3, -0.25) is 0 Å². The van der Waals surface area contributed by atoms with Crippen molar-refractivity contribution in [3.8, 4) is 5.75 Å². The molecule has 130 valence electrons. The first kappa shape index (κ1) is 21.9. The van der Waals surface area contributed by atoms with E-state index in [-0.39, 0.29) is 25.6 Å². The number of rotatable bonds is 2. The van der Waals surface area contributed by atoms with Crippen LogP contribution in [0.4, 0.5) is 4.39 Å². The number of benzene rings is 2. The topological polar surface area (TPSA) is 20.2 Å². The summed E-state index contributed by atoms with van der Waals surface area (Å²) in [6.45, 7) is 10.2. The van der Waals surface area contributed by atoms with Crippen LogP contribution in [0.5, 0.6) is 5.75 Å². The quantitative estimate of drug-likeness (QED) is 0.503. The van der Waals surface area contributed by atoms with Gasteiger partial charge in [-0.15, -0.1) is 0 Å². The molecular formula is C18H22Cl2FOPTi. The van der Waals surface area contributed by atoms with Crippen LogP contribution in [-0.4, -0.2) is 5.11 Å². The first-order valence-electron chi connectivity index (χ1n) is 7.44. The van der Waals surface area contributed by atoms with Crippen LogP contribution in [0, 0.1) is 19.7 Å². The third-order valence-corrected chi connectivity index (χ3v) is 5.18. The van der Waals surface area contributed by atoms with Gasteiger partial charge in [0, 0.05) is 10.6 Å². The zero-order valence-corrected chi connectivity index (χ0v) is 18.5. The number of halogens is 3. The van der Waals surface area contributed by atoms with Crippen molar-refractivity contribution in [1.82, 2.24) is 0 Å². The Balaban J connectivity index is 0.000000891. The van der Waals surface area contributed by atoms with Crippen molar-refractivity contribution >= 4 is 37.8 Å². The van der Waals surface area contributed by atoms with Crippen LogP contribution in [0.2, 0.25) is 0 Å². The second kappa shape index (κ2) is 9.55. The van der Waals surface area contributed by atoms with Gasteiger partial charge in [0.2, 0.25) is 0 Å². The van der Waals surface area contributed by atoms with Gasteiger partial charge < -0.3 is 5.11 Å². The number of phenols is 1. The molecule has 0 heterocycles. The fourth-order valence-electron chi connectivity index (χ4n) is 2.23. The standard InChI is InChI=1S/C18H22FOP.2ClH.Ti/c1-11-7-6-8-14(19)17(11)21-15-10-13(18(3,4)5)9-12(2)16(15)20;;;/h6-10,20-21H,1-5H3;2*1H;/q;;;+2/p-2. The van der Waals surface area contributed by atoms with Gasteiger partial charge >= 0.3 is 35.6 Å². The number of aromatic hydroxyl groups is 1. The van der Waals surface area contributed by atoms with Gasteiger partial charge in [0.05, 0.1) is 0 Å². The van der Waals surface area contributed by atoms with Crippen LogP contribution in [-0.2, 0) is 22.4 Å². The summed E-state index contributed by atoms with van der Waals surface area (Å²) in [6, 6.07) is 9.12. The molecule has 6 heteroatoms. The Morgan fingerprint density at radius 1 is 1.08 bits per heavy atom. The van der Waals surface area contributed by atoms with E-state index in [0.717, 1.165) is 22.0 Å². The minimum absolute atomic E-state index is 0.00195. The van der Waals surface area contributed by atoms with Gasteiger partial charge in [0.25, 0.3) is 0 Å². The Morgan fingerprint density at radius 3 is 2.17 bits per heavy atom. The van der Waals surface area contributed by atoms with Crippen LogP contribution in [0.25, 0.3) is 0 Å². The van der Waals surface area contributed by atoms with Crippen molar-refractivity contribution in [1.29, 1.82) is 0 Å². The Kier molecular flexibility index (Phi) is 8.73. The number of hydrogen-bond donors (Lipinski definition) is 1. The third-order valence-electron chi connectivity index (χ3n) is 3.65. The van der Waals surface area contributed by atoms with Gasteiger partial charge in [-0.05, 0) is 48.1 Å². The summed E-state index contributed by atoms with van der Waals surface area (Å²) in [6.07, 6.45) is 0. The molecule has 0 aliphatic carbocycles. The molecule has 2 rings (SSSR count). The molecule has 0 saturated carbocycles. The summed E-state index contributed by atoms with van der Waals surface area (Å²) in [4.78, 5) is 0. The second-order valence-corrected chi connectivity index (χ2v) is 10.4. The molecule has 0 fully saturated rings. The Hall–Kier alpha value is -0.106. The summed E-state index contributed by atoms with van der Waals surface area (Å²) >= 11 is -0.556. The first-order valence-corrected chi connectivity index (χ1v) is 12.7. The van der Waals surface area contributed by atoms with Crippen molar-refractivity contribution in [3.05, 3.63) is 52.8 Å². The van der Waals surface area contributed by atoms with E-state index in [2.05, 4.69) is 20.8 Å². The van der Waals surface area contributed by atoms with E-state index in [4.69, 9.17) is 18.6 Å². The monoisotopic (exact) mass is 422 g/mol. The van der Waals surface area contributed by atoms with Crippen LogP contribution in [0.15, 0.2) is 30.3 Å². The molecule has 2 aromatic carbocycles. The number of aryl methyl sites for hydroxylation is 2. The van der Waals surface area contributed by atoms with Crippen molar-refractivity contribution in [2.45, 2.75) is 40.0 Å². The molecule has 0 saturated heterocycles. The summed E-state index contributed by atoms with van der Waals surface area (Å²) in [7, 11) is 9.90. The van der Waals surface area contributed by atoms with Crippen LogP contribution in [0.1, 0.15) is 37.5 Å². The SMILES string of the molecule is Cc1cc(C(C)(C)C)cc(Pc2c(C)cccc2F)c1O.[Cl][Ti][Cl]. The molecular weight excluding hydrogens is 401 g/mol. The molecule has 0 radical (unpaired) electrons. The molecule has 1 unspecified atom stereocenters. The molecule has 0 amide bonds. The van der Waals surface area contributed by atoms with Gasteiger partial charge in [-0.1, -0.05) is 47.6 Å². The van der Waals surface area contributed by atoms with Crippen molar-refractivity contribution in [3.63, 3.8) is 0 Å². The number of hydrogen-bond acceptors (Lipinski definition) is 1. The van der Waals surface area contributed by atoms with E-state index in [1.54, 1.807) is 6.07 Å². The zero-order valence-electron chi connectivity index (χ0n) is 14.5. The van der Waals surface area contributed by atoms with E-state index in [0.29, 0.717) is 5.30 Å². The molecule has 0 bridgehead atoms. The summed E-state index contributed by atoms with van der Waals surface area (Å²) in [5.41, 5.74) is 2.93. The van der Waals surface area contributed by atoms with Crippen molar-refractivity contribution < 1.29 is 26.5 Å². The second-order valence-electron chi connectivity index (χ2n) is 6.57. The molecule has 0 spiro atoms. The zero-order chi connectivity index (χ0) is 18.5. The molecule has 2 aromatic rings. The van der Waals surface area contributed by atoms with Crippen LogP contribution < -0.4 is 10.6 Å². The van der Waals surface area contributed by atoms with E-state index < -0.39 is 17.0 Å². The van der Waals surface area contributed by atoms with Gasteiger partial charge in [-0.25, -0.2) is 4.39 Å². The average molecular weight is 423 g/mol. The van der Waals surface area contributed by atoms with E-state index >= 15 is 0 Å². The Bertz CT molecular complexity index is 682. The molecule has 24 heavy (non-hydrogen) atoms. The van der Waals surface area contributed by atoms with E-state index in [9.17, 15) is 9.50 Å². The number of phenolic OH excluding ortho intramolecular Hbond substituents is 1. The van der Waals surface area contributed by atoms with Gasteiger partial charge in [-0.2, -0.15) is 0 Å². The maximum absolute atomic E-state index is 14.0. The normalized spacial score (nSPS) is 11.3. The average Bonchev–Trinajstić information content (AvgIpc) is 2.47. The molecule has 0 aliphatic rings. The summed E-state index contributed by atoms with van der Waals surface area (Å²) in [5, 5.41) is 11.8. The fraction of sp³-hybridized carbons (Fsp3) is 0.333. The molecule has 1 atom stereocenters. The predicted octanol–water partition coefficient (Wildman–Crippen LogP) is 5.45. The fourth-order valence-corrected chi connectivity index (χ4v) is 3.53. The van der Waals surface area contributed by atoms with Crippen LogP contribution >= 0.6 is 27.2 Å². The van der Waals surface area contributed by atoms with Crippen molar-refractivity contribution in [2.24, 2.45) is 0 Å². The molecule has 0 aromatic heterocycles. The van der Waals surface area contributed by atoms with Gasteiger partial charge in [0.1, 0.15) is 11.6 Å². The van der Waals surface area contributed by atoms with Gasteiger partial charge in [0.15, 0.2) is 0 Å². The summed E-state index contributed by atoms with van der Waals surface area (Å²) in [5.74, 6) is 0.0792. The van der Waals surface area contributed by atoms with E-state index in [1.165, 1.54) is 6.07 Å². The summed E-state index contributed by atoms with van der Waals surface area (Å²) < 4.78 is 14.0. The Morgan fingerprint density at radius 2 is 1.67 bits per heavy atom. The maximum atomic E-state index is 14.0. The third kappa shape index (κ3) is 6.01. The molecule has 0 aliphatic heterocycles.